The molecule has 1 aromatic heterocycles. The molecule has 2 N–H and O–H groups in total. The van der Waals surface area contributed by atoms with E-state index < -0.39 is 5.97 Å². The molecule has 1 unspecified atom stereocenters. The number of benzene rings is 4. The van der Waals surface area contributed by atoms with Crippen LogP contribution in [0.3, 0.4) is 0 Å². The van der Waals surface area contributed by atoms with Crippen LogP contribution in [0.2, 0.25) is 0 Å². The lowest BCUT2D eigenvalue weighted by Crippen LogP contribution is -2.03. The summed E-state index contributed by atoms with van der Waals surface area (Å²) in [6.07, 6.45) is 0. The molecule has 0 saturated heterocycles. The van der Waals surface area contributed by atoms with Gasteiger partial charge in [-0.1, -0.05) is 65.8 Å². The van der Waals surface area contributed by atoms with Gasteiger partial charge in [-0.05, 0) is 65.6 Å². The lowest BCUT2D eigenvalue weighted by atomic mass is 9.95. The third-order valence-electron chi connectivity index (χ3n) is 6.25. The van der Waals surface area contributed by atoms with Gasteiger partial charge >= 0.3 is 5.97 Å². The van der Waals surface area contributed by atoms with Gasteiger partial charge in [0.2, 0.25) is 11.7 Å². The Labute approximate surface area is 203 Å². The number of nitrogens with one attached hydrogen (secondary N) is 1. The van der Waals surface area contributed by atoms with Gasteiger partial charge in [-0.2, -0.15) is 4.98 Å². The van der Waals surface area contributed by atoms with E-state index in [1.807, 2.05) is 43.3 Å². The third kappa shape index (κ3) is 4.64. The number of carboxylic acid groups (broad SMARTS) is 1. The van der Waals surface area contributed by atoms with E-state index in [2.05, 4.69) is 47.7 Å². The number of hydrogen-bond donors (Lipinski definition) is 2. The first-order valence-electron chi connectivity index (χ1n) is 11.5. The van der Waals surface area contributed by atoms with Crippen molar-refractivity contribution in [3.05, 3.63) is 113 Å². The minimum atomic E-state index is -0.935. The first-order chi connectivity index (χ1) is 17.0. The summed E-state index contributed by atoms with van der Waals surface area (Å²) < 4.78 is 5.71. The van der Waals surface area contributed by atoms with Crippen LogP contribution in [0.25, 0.3) is 22.2 Å². The van der Waals surface area contributed by atoms with Crippen molar-refractivity contribution in [1.82, 2.24) is 10.1 Å². The molecule has 0 amide bonds. The zero-order valence-electron chi connectivity index (χ0n) is 19.5. The predicted molar refractivity (Wildman–Crippen MR) is 137 cm³/mol. The Morgan fingerprint density at radius 2 is 1.80 bits per heavy atom. The van der Waals surface area contributed by atoms with Crippen LogP contribution in [0.4, 0.5) is 5.69 Å². The van der Waals surface area contributed by atoms with E-state index in [-0.39, 0.29) is 11.5 Å². The largest absolute Gasteiger partial charge is 0.478 e. The van der Waals surface area contributed by atoms with Crippen LogP contribution in [0.5, 0.6) is 0 Å². The first-order valence-corrected chi connectivity index (χ1v) is 11.5. The van der Waals surface area contributed by atoms with E-state index in [1.54, 1.807) is 18.2 Å². The Balaban J connectivity index is 1.38. The van der Waals surface area contributed by atoms with Crippen molar-refractivity contribution >= 4 is 22.4 Å². The highest BCUT2D eigenvalue weighted by Crippen LogP contribution is 2.32. The Hall–Kier alpha value is -4.45. The molecule has 0 bridgehead atoms. The molecule has 6 heteroatoms. The quantitative estimate of drug-likeness (QED) is 0.281. The standard InChI is InChI=1S/C29H25N3O3/c1-18-13-14-23(30-17-20-7-5-10-22(15-20)29(33)34)16-26(18)27-31-28(35-32-27)19(2)24-12-6-9-21-8-3-4-11-25(21)24/h3-16,19,30H,17H2,1-2H3,(H,33,34). The number of carboxylic acids is 1. The maximum Gasteiger partial charge on any atom is 0.335 e. The van der Waals surface area contributed by atoms with E-state index in [9.17, 15) is 9.90 Å². The topological polar surface area (TPSA) is 88.2 Å². The molecule has 35 heavy (non-hydrogen) atoms. The Morgan fingerprint density at radius 3 is 2.66 bits per heavy atom. The van der Waals surface area contributed by atoms with Crippen LogP contribution in [-0.4, -0.2) is 21.2 Å². The zero-order chi connectivity index (χ0) is 24.4. The van der Waals surface area contributed by atoms with E-state index in [1.165, 1.54) is 10.8 Å². The lowest BCUT2D eigenvalue weighted by Gasteiger charge is -2.11. The molecule has 0 saturated carbocycles. The third-order valence-corrected chi connectivity index (χ3v) is 6.25. The summed E-state index contributed by atoms with van der Waals surface area (Å²) in [7, 11) is 0. The van der Waals surface area contributed by atoms with Crippen molar-refractivity contribution in [2.45, 2.75) is 26.3 Å². The van der Waals surface area contributed by atoms with Gasteiger partial charge < -0.3 is 14.9 Å². The smallest absolute Gasteiger partial charge is 0.335 e. The molecular weight excluding hydrogens is 438 g/mol. The molecular formula is C29H25N3O3. The SMILES string of the molecule is Cc1ccc(NCc2cccc(C(=O)O)c2)cc1-c1noc(C(C)c2cccc3ccccc23)n1. The van der Waals surface area contributed by atoms with Gasteiger partial charge in [0.25, 0.3) is 0 Å². The van der Waals surface area contributed by atoms with Gasteiger partial charge in [0.05, 0.1) is 11.5 Å². The zero-order valence-corrected chi connectivity index (χ0v) is 19.5. The molecule has 1 atom stereocenters. The second-order valence-electron chi connectivity index (χ2n) is 8.64. The number of carbonyl (C=O) groups is 1. The number of rotatable bonds is 7. The van der Waals surface area contributed by atoms with Crippen LogP contribution in [0.1, 0.15) is 45.8 Å². The summed E-state index contributed by atoms with van der Waals surface area (Å²) >= 11 is 0. The average molecular weight is 464 g/mol. The highest BCUT2D eigenvalue weighted by molar-refractivity contribution is 5.88. The fourth-order valence-electron chi connectivity index (χ4n) is 4.27. The number of hydrogen-bond acceptors (Lipinski definition) is 5. The maximum absolute atomic E-state index is 11.2. The Bertz CT molecular complexity index is 1520. The normalized spacial score (nSPS) is 11.9. The van der Waals surface area contributed by atoms with Gasteiger partial charge in [-0.3, -0.25) is 0 Å². The van der Waals surface area contributed by atoms with Crippen LogP contribution in [0, 0.1) is 6.92 Å². The highest BCUT2D eigenvalue weighted by atomic mass is 16.5. The molecule has 6 nitrogen and oxygen atoms in total. The minimum absolute atomic E-state index is 0.0505. The number of anilines is 1. The van der Waals surface area contributed by atoms with Gasteiger partial charge in [0.15, 0.2) is 0 Å². The number of aryl methyl sites for hydroxylation is 1. The lowest BCUT2D eigenvalue weighted by molar-refractivity contribution is 0.0696. The summed E-state index contributed by atoms with van der Waals surface area (Å²) in [6.45, 7) is 4.59. The number of fused-ring (bicyclic) bond motifs is 1. The Morgan fingerprint density at radius 1 is 1.00 bits per heavy atom. The van der Waals surface area contributed by atoms with Gasteiger partial charge in [-0.15, -0.1) is 0 Å². The number of nitrogens with zero attached hydrogens (tertiary/aromatic N) is 2. The number of aromatic carboxylic acids is 1. The second kappa shape index (κ2) is 9.43. The highest BCUT2D eigenvalue weighted by Gasteiger charge is 2.20. The maximum atomic E-state index is 11.2. The first kappa shape index (κ1) is 22.3. The van der Waals surface area contributed by atoms with Crippen LogP contribution < -0.4 is 5.32 Å². The van der Waals surface area contributed by atoms with Crippen LogP contribution >= 0.6 is 0 Å². The van der Waals surface area contributed by atoms with Crippen LogP contribution in [-0.2, 0) is 6.54 Å². The fourth-order valence-corrected chi connectivity index (χ4v) is 4.27. The van der Waals surface area contributed by atoms with Crippen LogP contribution in [0.15, 0.2) is 89.5 Å². The molecule has 0 aliphatic rings. The molecule has 0 spiro atoms. The Kier molecular flexibility index (Phi) is 6.02. The van der Waals surface area contributed by atoms with E-state index >= 15 is 0 Å². The molecule has 5 aromatic rings. The van der Waals surface area contributed by atoms with Crippen molar-refractivity contribution in [3.63, 3.8) is 0 Å². The molecule has 4 aromatic carbocycles. The molecule has 0 aliphatic carbocycles. The summed E-state index contributed by atoms with van der Waals surface area (Å²) in [4.78, 5) is 16.0. The minimum Gasteiger partial charge on any atom is -0.478 e. The van der Waals surface area contributed by atoms with Crippen molar-refractivity contribution in [2.75, 3.05) is 5.32 Å². The molecule has 1 heterocycles. The van der Waals surface area contributed by atoms with Crippen molar-refractivity contribution in [2.24, 2.45) is 0 Å². The second-order valence-corrected chi connectivity index (χ2v) is 8.64. The average Bonchev–Trinajstić information content (AvgIpc) is 3.38. The molecule has 0 fully saturated rings. The summed E-state index contributed by atoms with van der Waals surface area (Å²) in [6, 6.07) is 27.4. The van der Waals surface area contributed by atoms with E-state index in [0.717, 1.165) is 27.9 Å². The van der Waals surface area contributed by atoms with E-state index in [0.29, 0.717) is 18.3 Å². The summed E-state index contributed by atoms with van der Waals surface area (Å²) in [5.74, 6) is 0.126. The summed E-state index contributed by atoms with van der Waals surface area (Å²) in [5, 5.41) is 19.2. The predicted octanol–water partition coefficient (Wildman–Crippen LogP) is 6.66. The monoisotopic (exact) mass is 463 g/mol. The molecule has 0 radical (unpaired) electrons. The van der Waals surface area contributed by atoms with Crippen molar-refractivity contribution < 1.29 is 14.4 Å². The number of aromatic nitrogens is 2. The van der Waals surface area contributed by atoms with Gasteiger partial charge in [-0.25, -0.2) is 4.79 Å². The van der Waals surface area contributed by atoms with E-state index in [4.69, 9.17) is 9.51 Å². The summed E-state index contributed by atoms with van der Waals surface area (Å²) in [5.41, 5.74) is 5.11. The van der Waals surface area contributed by atoms with Crippen molar-refractivity contribution in [3.8, 4) is 11.4 Å². The fraction of sp³-hybridized carbons (Fsp3) is 0.138. The molecule has 5 rings (SSSR count). The van der Waals surface area contributed by atoms with Crippen molar-refractivity contribution in [1.29, 1.82) is 0 Å². The molecule has 174 valence electrons. The molecule has 0 aliphatic heterocycles. The van der Waals surface area contributed by atoms with Gasteiger partial charge in [0, 0.05) is 17.8 Å². The van der Waals surface area contributed by atoms with Gasteiger partial charge in [0.1, 0.15) is 0 Å².